The van der Waals surface area contributed by atoms with Gasteiger partial charge in [-0.1, -0.05) is 0 Å². The van der Waals surface area contributed by atoms with E-state index in [0.29, 0.717) is 6.04 Å². The summed E-state index contributed by atoms with van der Waals surface area (Å²) in [6.07, 6.45) is 3.31. The molecule has 0 radical (unpaired) electrons. The molecule has 0 aromatic heterocycles. The van der Waals surface area contributed by atoms with E-state index in [9.17, 15) is 4.79 Å². The molecular weight excluding hydrogens is 132 g/mol. The molecule has 4 nitrogen and oxygen atoms in total. The lowest BCUT2D eigenvalue weighted by Gasteiger charge is -2.33. The predicted octanol–water partition coefficient (Wildman–Crippen LogP) is 0.569. The maximum atomic E-state index is 10.7. The summed E-state index contributed by atoms with van der Waals surface area (Å²) >= 11 is 0. The minimum atomic E-state index is -0.412. The molecule has 0 aromatic carbocycles. The summed E-state index contributed by atoms with van der Waals surface area (Å²) in [7, 11) is 1.69. The molecule has 2 N–H and O–H groups in total. The van der Waals surface area contributed by atoms with E-state index in [1.165, 1.54) is 11.3 Å². The average molecular weight is 144 g/mol. The smallest absolute Gasteiger partial charge is 0.323 e. The molecule has 1 fully saturated rings. The first-order valence-electron chi connectivity index (χ1n) is 3.42. The summed E-state index contributed by atoms with van der Waals surface area (Å²) in [5.41, 5.74) is 1.60. The summed E-state index contributed by atoms with van der Waals surface area (Å²) in [5.74, 6) is 0. The second kappa shape index (κ2) is 2.88. The molecule has 1 rings (SSSR count). The fraction of sp³-hybridized carbons (Fsp3) is 0.833. The van der Waals surface area contributed by atoms with Gasteiger partial charge in [-0.05, 0) is 19.3 Å². The fourth-order valence-corrected chi connectivity index (χ4v) is 1.02. The Labute approximate surface area is 59.8 Å². The molecule has 0 aromatic rings. The lowest BCUT2D eigenvalue weighted by molar-refractivity contribution is 0.107. The molecule has 0 atom stereocenters. The van der Waals surface area contributed by atoms with Crippen LogP contribution in [0.1, 0.15) is 19.3 Å². The van der Waals surface area contributed by atoms with Gasteiger partial charge in [0.15, 0.2) is 0 Å². The Morgan fingerprint density at radius 1 is 1.70 bits per heavy atom. The first kappa shape index (κ1) is 7.34. The Morgan fingerprint density at radius 2 is 2.30 bits per heavy atom. The van der Waals surface area contributed by atoms with Crippen LogP contribution in [0.25, 0.3) is 0 Å². The van der Waals surface area contributed by atoms with Crippen molar-refractivity contribution < 1.29 is 10.0 Å². The average Bonchev–Trinajstić information content (AvgIpc) is 1.82. The number of carbonyl (C=O) groups is 1. The van der Waals surface area contributed by atoms with Crippen LogP contribution in [0.5, 0.6) is 0 Å². The highest BCUT2D eigenvalue weighted by atomic mass is 16.5. The van der Waals surface area contributed by atoms with E-state index in [4.69, 9.17) is 5.21 Å². The number of nitrogens with zero attached hydrogens (tertiary/aromatic N) is 1. The molecule has 0 saturated heterocycles. The zero-order chi connectivity index (χ0) is 7.56. The van der Waals surface area contributed by atoms with Crippen molar-refractivity contribution in [2.24, 2.45) is 0 Å². The van der Waals surface area contributed by atoms with Gasteiger partial charge >= 0.3 is 6.03 Å². The molecule has 1 saturated carbocycles. The summed E-state index contributed by atoms with van der Waals surface area (Å²) in [6.45, 7) is 0. The SMILES string of the molecule is CN(C(=O)NO)C1CCC1. The minimum Gasteiger partial charge on any atom is -0.323 e. The molecule has 0 aliphatic heterocycles. The third-order valence-electron chi connectivity index (χ3n) is 2.04. The lowest BCUT2D eigenvalue weighted by Crippen LogP contribution is -2.45. The van der Waals surface area contributed by atoms with Crippen molar-refractivity contribution in [2.75, 3.05) is 7.05 Å². The largest absolute Gasteiger partial charge is 0.341 e. The van der Waals surface area contributed by atoms with Crippen LogP contribution in [0, 0.1) is 0 Å². The molecule has 58 valence electrons. The quantitative estimate of drug-likeness (QED) is 0.417. The topological polar surface area (TPSA) is 52.6 Å². The van der Waals surface area contributed by atoms with Crippen molar-refractivity contribution in [1.82, 2.24) is 10.4 Å². The van der Waals surface area contributed by atoms with Gasteiger partial charge in [0, 0.05) is 13.1 Å². The summed E-state index contributed by atoms with van der Waals surface area (Å²) in [6, 6.07) is -0.0724. The lowest BCUT2D eigenvalue weighted by atomic mass is 9.92. The number of rotatable bonds is 1. The van der Waals surface area contributed by atoms with Crippen LogP contribution < -0.4 is 5.48 Å². The number of hydrogen-bond donors (Lipinski definition) is 2. The van der Waals surface area contributed by atoms with Gasteiger partial charge in [0.05, 0.1) is 0 Å². The van der Waals surface area contributed by atoms with Gasteiger partial charge in [-0.15, -0.1) is 0 Å². The van der Waals surface area contributed by atoms with Crippen LogP contribution in [0.4, 0.5) is 4.79 Å². The van der Waals surface area contributed by atoms with E-state index >= 15 is 0 Å². The number of carbonyl (C=O) groups excluding carboxylic acids is 1. The van der Waals surface area contributed by atoms with Gasteiger partial charge < -0.3 is 4.90 Å². The zero-order valence-corrected chi connectivity index (χ0v) is 6.00. The van der Waals surface area contributed by atoms with Crippen molar-refractivity contribution in [1.29, 1.82) is 0 Å². The number of urea groups is 1. The van der Waals surface area contributed by atoms with Crippen LogP contribution >= 0.6 is 0 Å². The monoisotopic (exact) mass is 144 g/mol. The highest BCUT2D eigenvalue weighted by Gasteiger charge is 2.24. The maximum absolute atomic E-state index is 10.7. The summed E-state index contributed by atoms with van der Waals surface area (Å²) in [4.78, 5) is 12.2. The Kier molecular flexibility index (Phi) is 2.11. The van der Waals surface area contributed by atoms with Gasteiger partial charge in [0.25, 0.3) is 0 Å². The van der Waals surface area contributed by atoms with Crippen molar-refractivity contribution >= 4 is 6.03 Å². The molecular formula is C6H12N2O2. The summed E-state index contributed by atoms with van der Waals surface area (Å²) in [5, 5.41) is 8.23. The molecule has 0 bridgehead atoms. The first-order chi connectivity index (χ1) is 4.75. The minimum absolute atomic E-state index is 0.340. The summed E-state index contributed by atoms with van der Waals surface area (Å²) < 4.78 is 0. The van der Waals surface area contributed by atoms with Gasteiger partial charge in [-0.3, -0.25) is 5.21 Å². The second-order valence-electron chi connectivity index (χ2n) is 2.61. The van der Waals surface area contributed by atoms with Crippen LogP contribution in [-0.4, -0.2) is 29.2 Å². The Hall–Kier alpha value is -0.770. The van der Waals surface area contributed by atoms with E-state index < -0.39 is 6.03 Å². The van der Waals surface area contributed by atoms with Gasteiger partial charge in [-0.25, -0.2) is 10.3 Å². The Balaban J connectivity index is 2.31. The van der Waals surface area contributed by atoms with Crippen LogP contribution in [0.3, 0.4) is 0 Å². The first-order valence-corrected chi connectivity index (χ1v) is 3.42. The van der Waals surface area contributed by atoms with Crippen LogP contribution in [-0.2, 0) is 0 Å². The van der Waals surface area contributed by atoms with E-state index in [2.05, 4.69) is 0 Å². The molecule has 1 aliphatic carbocycles. The molecule has 10 heavy (non-hydrogen) atoms. The fourth-order valence-electron chi connectivity index (χ4n) is 1.02. The molecule has 0 spiro atoms. The van der Waals surface area contributed by atoms with Gasteiger partial charge in [-0.2, -0.15) is 0 Å². The van der Waals surface area contributed by atoms with E-state index in [-0.39, 0.29) is 0 Å². The molecule has 4 heteroatoms. The van der Waals surface area contributed by atoms with E-state index in [1.807, 2.05) is 0 Å². The van der Waals surface area contributed by atoms with Crippen molar-refractivity contribution in [3.63, 3.8) is 0 Å². The number of hydrogen-bond acceptors (Lipinski definition) is 2. The number of nitrogens with one attached hydrogen (secondary N) is 1. The van der Waals surface area contributed by atoms with Gasteiger partial charge in [0.2, 0.25) is 0 Å². The number of amides is 2. The molecule has 0 heterocycles. The van der Waals surface area contributed by atoms with Crippen molar-refractivity contribution in [3.05, 3.63) is 0 Å². The highest BCUT2D eigenvalue weighted by Crippen LogP contribution is 2.23. The Morgan fingerprint density at radius 3 is 2.60 bits per heavy atom. The zero-order valence-electron chi connectivity index (χ0n) is 6.00. The third-order valence-corrected chi connectivity index (χ3v) is 2.04. The standard InChI is InChI=1S/C6H12N2O2/c1-8(6(9)7-10)5-3-2-4-5/h5,10H,2-4H2,1H3,(H,7,9). The Bertz CT molecular complexity index is 134. The van der Waals surface area contributed by atoms with Crippen molar-refractivity contribution in [2.45, 2.75) is 25.3 Å². The van der Waals surface area contributed by atoms with E-state index in [1.54, 1.807) is 12.5 Å². The highest BCUT2D eigenvalue weighted by molar-refractivity contribution is 5.72. The second-order valence-corrected chi connectivity index (χ2v) is 2.61. The van der Waals surface area contributed by atoms with E-state index in [0.717, 1.165) is 12.8 Å². The normalized spacial score (nSPS) is 17.8. The molecule has 1 aliphatic rings. The molecule has 0 unspecified atom stereocenters. The number of hydroxylamine groups is 1. The van der Waals surface area contributed by atoms with Crippen molar-refractivity contribution in [3.8, 4) is 0 Å². The third kappa shape index (κ3) is 1.21. The van der Waals surface area contributed by atoms with Gasteiger partial charge in [0.1, 0.15) is 0 Å². The molecule has 2 amide bonds. The maximum Gasteiger partial charge on any atom is 0.341 e. The predicted molar refractivity (Wildman–Crippen MR) is 35.7 cm³/mol. The van der Waals surface area contributed by atoms with Crippen LogP contribution in [0.15, 0.2) is 0 Å². The van der Waals surface area contributed by atoms with Crippen LogP contribution in [0.2, 0.25) is 0 Å².